The van der Waals surface area contributed by atoms with Gasteiger partial charge in [-0.15, -0.1) is 0 Å². The molecule has 0 aliphatic heterocycles. The summed E-state index contributed by atoms with van der Waals surface area (Å²) < 4.78 is 7.07. The predicted molar refractivity (Wildman–Crippen MR) is 91.3 cm³/mol. The molecule has 3 aromatic rings. The van der Waals surface area contributed by atoms with Crippen molar-refractivity contribution in [3.8, 4) is 6.07 Å². The van der Waals surface area contributed by atoms with Crippen LogP contribution in [0, 0.1) is 11.3 Å². The lowest BCUT2D eigenvalue weighted by Gasteiger charge is -1.98. The zero-order valence-corrected chi connectivity index (χ0v) is 13.6. The van der Waals surface area contributed by atoms with Gasteiger partial charge in [0.2, 0.25) is 0 Å². The van der Waals surface area contributed by atoms with Crippen molar-refractivity contribution >= 4 is 23.7 Å². The standard InChI is InChI=1S/C17H12ClN5O2/c18-14-9-21-23(10-14)11-15-5-6-16(25-15)17(24)22-20-8-13-3-1-12(7-19)2-4-13/h1-6,8-10H,11H2,(H,22,24)/b20-8-. The minimum Gasteiger partial charge on any atom is -0.454 e. The van der Waals surface area contributed by atoms with Gasteiger partial charge in [0.1, 0.15) is 5.76 Å². The molecule has 1 N–H and O–H groups in total. The van der Waals surface area contributed by atoms with E-state index in [1.165, 1.54) is 12.4 Å². The molecule has 7 nitrogen and oxygen atoms in total. The molecule has 1 amide bonds. The molecule has 2 heterocycles. The number of nitriles is 1. The van der Waals surface area contributed by atoms with Crippen molar-refractivity contribution in [2.45, 2.75) is 6.54 Å². The van der Waals surface area contributed by atoms with Crippen LogP contribution in [0.2, 0.25) is 5.02 Å². The van der Waals surface area contributed by atoms with Gasteiger partial charge in [-0.2, -0.15) is 15.5 Å². The van der Waals surface area contributed by atoms with E-state index in [1.54, 1.807) is 47.3 Å². The van der Waals surface area contributed by atoms with E-state index in [-0.39, 0.29) is 5.76 Å². The predicted octanol–water partition coefficient (Wildman–Crippen LogP) is 2.81. The van der Waals surface area contributed by atoms with Gasteiger partial charge in [-0.25, -0.2) is 5.43 Å². The van der Waals surface area contributed by atoms with Gasteiger partial charge in [0.05, 0.1) is 35.6 Å². The smallest absolute Gasteiger partial charge is 0.307 e. The number of furan rings is 1. The monoisotopic (exact) mass is 353 g/mol. The maximum Gasteiger partial charge on any atom is 0.307 e. The summed E-state index contributed by atoms with van der Waals surface area (Å²) in [4.78, 5) is 12.0. The number of carbonyl (C=O) groups is 1. The van der Waals surface area contributed by atoms with Gasteiger partial charge < -0.3 is 4.42 Å². The Kier molecular flexibility index (Phi) is 4.92. The van der Waals surface area contributed by atoms with E-state index in [9.17, 15) is 4.79 Å². The quantitative estimate of drug-likeness (QED) is 0.563. The van der Waals surface area contributed by atoms with Crippen LogP contribution in [-0.4, -0.2) is 21.9 Å². The first kappa shape index (κ1) is 16.5. The summed E-state index contributed by atoms with van der Waals surface area (Å²) in [6, 6.07) is 12.1. The lowest BCUT2D eigenvalue weighted by molar-refractivity contribution is 0.0925. The Hall–Kier alpha value is -3.37. The lowest BCUT2D eigenvalue weighted by atomic mass is 10.2. The number of aromatic nitrogens is 2. The summed E-state index contributed by atoms with van der Waals surface area (Å²) in [5.74, 6) is 0.251. The van der Waals surface area contributed by atoms with E-state index in [0.29, 0.717) is 22.9 Å². The third-order valence-electron chi connectivity index (χ3n) is 3.22. The minimum atomic E-state index is -0.463. The van der Waals surface area contributed by atoms with Crippen molar-refractivity contribution in [3.05, 3.63) is 76.5 Å². The summed E-state index contributed by atoms with van der Waals surface area (Å²) in [5, 5.41) is 17.2. The highest BCUT2D eigenvalue weighted by atomic mass is 35.5. The van der Waals surface area contributed by atoms with Crippen LogP contribution < -0.4 is 5.43 Å². The molecule has 2 aromatic heterocycles. The normalized spacial score (nSPS) is 10.7. The second-order valence-electron chi connectivity index (χ2n) is 5.06. The average Bonchev–Trinajstić information content (AvgIpc) is 3.25. The molecule has 1 aromatic carbocycles. The number of amides is 1. The molecule has 124 valence electrons. The minimum absolute atomic E-state index is 0.144. The first-order valence-corrected chi connectivity index (χ1v) is 7.62. The molecular formula is C17H12ClN5O2. The van der Waals surface area contributed by atoms with Gasteiger partial charge >= 0.3 is 5.91 Å². The SMILES string of the molecule is N#Cc1ccc(/C=N\NC(=O)c2ccc(Cn3cc(Cl)cn3)o2)cc1. The van der Waals surface area contributed by atoms with Crippen LogP contribution in [0.5, 0.6) is 0 Å². The fraction of sp³-hybridized carbons (Fsp3) is 0.0588. The Morgan fingerprint density at radius 1 is 1.36 bits per heavy atom. The van der Waals surface area contributed by atoms with Crippen molar-refractivity contribution in [2.24, 2.45) is 5.10 Å². The number of hydrogen-bond acceptors (Lipinski definition) is 5. The average molecular weight is 354 g/mol. The van der Waals surface area contributed by atoms with Crippen molar-refractivity contribution in [1.82, 2.24) is 15.2 Å². The molecule has 8 heteroatoms. The van der Waals surface area contributed by atoms with Crippen LogP contribution in [0.4, 0.5) is 0 Å². The van der Waals surface area contributed by atoms with Gasteiger partial charge in [0.25, 0.3) is 0 Å². The molecule has 0 fully saturated rings. The van der Waals surface area contributed by atoms with E-state index < -0.39 is 5.91 Å². The number of hydrazone groups is 1. The van der Waals surface area contributed by atoms with Crippen LogP contribution in [-0.2, 0) is 6.54 Å². The van der Waals surface area contributed by atoms with Gasteiger partial charge in [-0.1, -0.05) is 23.7 Å². The van der Waals surface area contributed by atoms with Gasteiger partial charge in [-0.3, -0.25) is 9.48 Å². The molecule has 25 heavy (non-hydrogen) atoms. The summed E-state index contributed by atoms with van der Waals surface area (Å²) in [6.45, 7) is 0.370. The molecule has 0 bridgehead atoms. The number of benzene rings is 1. The number of halogens is 1. The fourth-order valence-electron chi connectivity index (χ4n) is 2.03. The molecule has 0 radical (unpaired) electrons. The maximum absolute atomic E-state index is 12.0. The van der Waals surface area contributed by atoms with Crippen LogP contribution >= 0.6 is 11.6 Å². The lowest BCUT2D eigenvalue weighted by Crippen LogP contribution is -2.16. The Labute approximate surface area is 148 Å². The summed E-state index contributed by atoms with van der Waals surface area (Å²) in [6.07, 6.45) is 4.66. The van der Waals surface area contributed by atoms with Crippen LogP contribution in [0.15, 0.2) is 58.3 Å². The highest BCUT2D eigenvalue weighted by molar-refractivity contribution is 6.30. The number of carbonyl (C=O) groups excluding carboxylic acids is 1. The van der Waals surface area contributed by atoms with E-state index in [0.717, 1.165) is 5.56 Å². The Morgan fingerprint density at radius 2 is 2.16 bits per heavy atom. The van der Waals surface area contributed by atoms with E-state index in [4.69, 9.17) is 21.3 Å². The number of nitrogens with zero attached hydrogens (tertiary/aromatic N) is 4. The molecule has 0 saturated carbocycles. The second-order valence-corrected chi connectivity index (χ2v) is 5.49. The molecular weight excluding hydrogens is 342 g/mol. The van der Waals surface area contributed by atoms with Crippen LogP contribution in [0.1, 0.15) is 27.4 Å². The second kappa shape index (κ2) is 7.47. The molecule has 0 saturated heterocycles. The molecule has 0 aliphatic rings. The Balaban J connectivity index is 1.57. The molecule has 0 unspecified atom stereocenters. The Bertz CT molecular complexity index is 950. The van der Waals surface area contributed by atoms with E-state index in [1.807, 2.05) is 6.07 Å². The highest BCUT2D eigenvalue weighted by Crippen LogP contribution is 2.11. The third kappa shape index (κ3) is 4.34. The maximum atomic E-state index is 12.0. The zero-order chi connectivity index (χ0) is 17.6. The fourth-order valence-corrected chi connectivity index (χ4v) is 2.19. The molecule has 0 spiro atoms. The van der Waals surface area contributed by atoms with Crippen molar-refractivity contribution in [1.29, 1.82) is 5.26 Å². The molecule has 0 atom stereocenters. The highest BCUT2D eigenvalue weighted by Gasteiger charge is 2.11. The first-order chi connectivity index (χ1) is 12.1. The van der Waals surface area contributed by atoms with E-state index in [2.05, 4.69) is 15.6 Å². The van der Waals surface area contributed by atoms with Crippen LogP contribution in [0.25, 0.3) is 0 Å². The summed E-state index contributed by atoms with van der Waals surface area (Å²) >= 11 is 5.80. The van der Waals surface area contributed by atoms with Crippen LogP contribution in [0.3, 0.4) is 0 Å². The third-order valence-corrected chi connectivity index (χ3v) is 3.42. The largest absolute Gasteiger partial charge is 0.454 e. The molecule has 3 rings (SSSR count). The molecule has 0 aliphatic carbocycles. The summed E-state index contributed by atoms with van der Waals surface area (Å²) in [7, 11) is 0. The first-order valence-electron chi connectivity index (χ1n) is 7.24. The number of rotatable bonds is 5. The number of hydrogen-bond donors (Lipinski definition) is 1. The topological polar surface area (TPSA) is 96.2 Å². The van der Waals surface area contributed by atoms with E-state index >= 15 is 0 Å². The Morgan fingerprint density at radius 3 is 2.84 bits per heavy atom. The van der Waals surface area contributed by atoms with Gasteiger partial charge in [0, 0.05) is 6.20 Å². The van der Waals surface area contributed by atoms with Gasteiger partial charge in [-0.05, 0) is 29.8 Å². The van der Waals surface area contributed by atoms with Crippen molar-refractivity contribution < 1.29 is 9.21 Å². The van der Waals surface area contributed by atoms with Crippen molar-refractivity contribution in [2.75, 3.05) is 0 Å². The number of nitrogens with one attached hydrogen (secondary N) is 1. The van der Waals surface area contributed by atoms with Crippen molar-refractivity contribution in [3.63, 3.8) is 0 Å². The zero-order valence-electron chi connectivity index (χ0n) is 12.9. The van der Waals surface area contributed by atoms with Gasteiger partial charge in [0.15, 0.2) is 5.76 Å². The summed E-state index contributed by atoms with van der Waals surface area (Å²) in [5.41, 5.74) is 3.70.